The van der Waals surface area contributed by atoms with Crippen molar-refractivity contribution in [3.8, 4) is 57.3 Å². The number of aromatic amines is 2. The minimum Gasteiger partial charge on any atom is -0.504 e. The number of aromatic nitrogens is 3. The molecular weight excluding hydrogens is 462 g/mol. The molecule has 0 aliphatic heterocycles. The summed E-state index contributed by atoms with van der Waals surface area (Å²) in [4.78, 5) is 11.5. The molecule has 3 N–H and O–H groups in total. The van der Waals surface area contributed by atoms with Gasteiger partial charge in [0.1, 0.15) is 12.1 Å². The molecule has 0 saturated heterocycles. The van der Waals surface area contributed by atoms with Crippen molar-refractivity contribution in [2.75, 3.05) is 7.11 Å². The lowest BCUT2D eigenvalue weighted by Gasteiger charge is -2.16. The molecule has 0 saturated carbocycles. The van der Waals surface area contributed by atoms with Crippen LogP contribution in [0.15, 0.2) is 79.1 Å². The molecule has 6 aromatic rings. The highest BCUT2D eigenvalue weighted by Gasteiger charge is 2.26. The summed E-state index contributed by atoms with van der Waals surface area (Å²) in [5.41, 5.74) is 5.77. The molecule has 3 aromatic heterocycles. The predicted octanol–water partition coefficient (Wildman–Crippen LogP) is 6.50. The number of methoxy groups -OCH3 is 1. The number of ether oxygens (including phenoxy) is 1. The minimum absolute atomic E-state index is 0.0361. The van der Waals surface area contributed by atoms with Gasteiger partial charge >= 0.3 is 0 Å². The first-order valence-electron chi connectivity index (χ1n) is 11.5. The zero-order valence-electron chi connectivity index (χ0n) is 19.7. The fourth-order valence-electron chi connectivity index (χ4n) is 4.85. The number of phenols is 1. The lowest BCUT2D eigenvalue weighted by atomic mass is 9.89. The Balaban J connectivity index is 1.77. The number of phenolic OH excluding ortho intramolecular Hbond substituents is 1. The van der Waals surface area contributed by atoms with E-state index < -0.39 is 0 Å². The highest BCUT2D eigenvalue weighted by atomic mass is 16.5. The van der Waals surface area contributed by atoms with Gasteiger partial charge in [-0.1, -0.05) is 42.5 Å². The van der Waals surface area contributed by atoms with E-state index in [9.17, 15) is 15.6 Å². The molecule has 0 radical (unpaired) electrons. The Bertz CT molecular complexity index is 1810. The number of nitrogens with zero attached hydrogens (tertiary/aromatic N) is 3. The SMILES string of the molecule is COc1cc(-c2c(C#N)c(-c3c[nH]c4ccccc34)nc(-c3c[nH]c4ccccc34)c2C#N)ccc1O. The number of H-pyrrole nitrogens is 2. The summed E-state index contributed by atoms with van der Waals surface area (Å²) in [6.45, 7) is 0. The van der Waals surface area contributed by atoms with E-state index in [4.69, 9.17) is 9.72 Å². The highest BCUT2D eigenvalue weighted by Crippen LogP contribution is 2.43. The fourth-order valence-corrected chi connectivity index (χ4v) is 4.85. The number of benzene rings is 3. The van der Waals surface area contributed by atoms with Gasteiger partial charge in [-0.15, -0.1) is 0 Å². The van der Waals surface area contributed by atoms with Crippen LogP contribution in [0.3, 0.4) is 0 Å². The Morgan fingerprint density at radius 3 is 1.84 bits per heavy atom. The molecule has 3 aromatic carbocycles. The molecule has 0 atom stereocenters. The number of pyridine rings is 1. The summed E-state index contributed by atoms with van der Waals surface area (Å²) in [6, 6.07) is 25.0. The van der Waals surface area contributed by atoms with Crippen molar-refractivity contribution in [2.45, 2.75) is 0 Å². The minimum atomic E-state index is -0.0361. The third kappa shape index (κ3) is 3.38. The molecule has 37 heavy (non-hydrogen) atoms. The van der Waals surface area contributed by atoms with E-state index in [-0.39, 0.29) is 22.6 Å². The van der Waals surface area contributed by atoms with E-state index in [0.717, 1.165) is 32.9 Å². The van der Waals surface area contributed by atoms with Crippen molar-refractivity contribution >= 4 is 21.8 Å². The van der Waals surface area contributed by atoms with E-state index in [1.54, 1.807) is 12.1 Å². The third-order valence-electron chi connectivity index (χ3n) is 6.58. The summed E-state index contributed by atoms with van der Waals surface area (Å²) in [6.07, 6.45) is 3.67. The van der Waals surface area contributed by atoms with Crippen LogP contribution in [-0.2, 0) is 0 Å². The standard InChI is InChI=1S/C30H19N5O2/c1-37-27-12-17(10-11-26(27)36)28-20(13-31)29(22-15-33-24-8-4-2-6-18(22)24)35-30(21(28)14-32)23-16-34-25-9-5-3-7-19(23)25/h2-12,15-16,33-34,36H,1H3. The number of para-hydroxylation sites is 2. The van der Waals surface area contributed by atoms with Gasteiger partial charge in [0.05, 0.1) is 29.6 Å². The molecule has 3 heterocycles. The summed E-state index contributed by atoms with van der Waals surface area (Å²) in [5.74, 6) is 0.204. The van der Waals surface area contributed by atoms with Gasteiger partial charge in [-0.2, -0.15) is 10.5 Å². The molecule has 6 rings (SSSR count). The lowest BCUT2D eigenvalue weighted by Crippen LogP contribution is -2.02. The topological polar surface area (TPSA) is 122 Å². The molecule has 7 heteroatoms. The number of aromatic hydroxyl groups is 1. The first-order valence-corrected chi connectivity index (χ1v) is 11.5. The van der Waals surface area contributed by atoms with Crippen molar-refractivity contribution in [3.05, 3.63) is 90.3 Å². The fraction of sp³-hybridized carbons (Fsp3) is 0.0333. The van der Waals surface area contributed by atoms with Crippen molar-refractivity contribution in [3.63, 3.8) is 0 Å². The van der Waals surface area contributed by atoms with E-state index in [1.807, 2.05) is 60.9 Å². The Kier molecular flexibility index (Phi) is 5.11. The van der Waals surface area contributed by atoms with Crippen LogP contribution >= 0.6 is 0 Å². The van der Waals surface area contributed by atoms with Crippen LogP contribution in [0.4, 0.5) is 0 Å². The molecule has 0 aliphatic carbocycles. The highest BCUT2D eigenvalue weighted by molar-refractivity contribution is 6.02. The smallest absolute Gasteiger partial charge is 0.161 e. The zero-order valence-corrected chi connectivity index (χ0v) is 19.7. The van der Waals surface area contributed by atoms with Crippen molar-refractivity contribution in [1.29, 1.82) is 10.5 Å². The van der Waals surface area contributed by atoms with Crippen molar-refractivity contribution < 1.29 is 9.84 Å². The average Bonchev–Trinajstić information content (AvgIpc) is 3.57. The maximum absolute atomic E-state index is 10.4. The Hall–Kier alpha value is -5.53. The molecule has 0 fully saturated rings. The van der Waals surface area contributed by atoms with Gasteiger partial charge in [-0.3, -0.25) is 0 Å². The third-order valence-corrected chi connectivity index (χ3v) is 6.58. The molecule has 0 unspecified atom stereocenters. The maximum Gasteiger partial charge on any atom is 0.161 e. The summed E-state index contributed by atoms with van der Waals surface area (Å²) < 4.78 is 5.33. The normalized spacial score (nSPS) is 10.9. The van der Waals surface area contributed by atoms with Crippen LogP contribution in [-0.4, -0.2) is 27.2 Å². The maximum atomic E-state index is 10.4. The number of fused-ring (bicyclic) bond motifs is 2. The Morgan fingerprint density at radius 1 is 0.784 bits per heavy atom. The van der Waals surface area contributed by atoms with Crippen LogP contribution in [0.1, 0.15) is 11.1 Å². The predicted molar refractivity (Wildman–Crippen MR) is 142 cm³/mol. The first-order chi connectivity index (χ1) is 18.1. The second-order valence-electron chi connectivity index (χ2n) is 8.54. The molecule has 176 valence electrons. The average molecular weight is 482 g/mol. The van der Waals surface area contributed by atoms with Gasteiger partial charge in [0.2, 0.25) is 0 Å². The quantitative estimate of drug-likeness (QED) is 0.265. The second-order valence-corrected chi connectivity index (χ2v) is 8.54. The van der Waals surface area contributed by atoms with Crippen LogP contribution < -0.4 is 4.74 Å². The number of nitrogens with one attached hydrogen (secondary N) is 2. The largest absolute Gasteiger partial charge is 0.504 e. The molecular formula is C30H19N5O2. The van der Waals surface area contributed by atoms with Gasteiger partial charge in [-0.25, -0.2) is 4.98 Å². The number of nitriles is 2. The second kappa shape index (κ2) is 8.60. The van der Waals surface area contributed by atoms with Crippen LogP contribution in [0.25, 0.3) is 55.4 Å². The summed E-state index contributed by atoms with van der Waals surface area (Å²) >= 11 is 0. The molecule has 0 aliphatic rings. The van der Waals surface area contributed by atoms with Crippen LogP contribution in [0.5, 0.6) is 11.5 Å². The van der Waals surface area contributed by atoms with Gasteiger partial charge < -0.3 is 19.8 Å². The molecule has 7 nitrogen and oxygen atoms in total. The summed E-state index contributed by atoms with van der Waals surface area (Å²) in [5, 5.41) is 32.9. The van der Waals surface area contributed by atoms with Crippen molar-refractivity contribution in [1.82, 2.24) is 15.0 Å². The van der Waals surface area contributed by atoms with Gasteiger partial charge in [0.25, 0.3) is 0 Å². The first kappa shape index (κ1) is 22.0. The lowest BCUT2D eigenvalue weighted by molar-refractivity contribution is 0.373. The Labute approximate surface area is 211 Å². The zero-order chi connectivity index (χ0) is 25.5. The van der Waals surface area contributed by atoms with Crippen LogP contribution in [0.2, 0.25) is 0 Å². The Morgan fingerprint density at radius 2 is 1.32 bits per heavy atom. The molecule has 0 bridgehead atoms. The van der Waals surface area contributed by atoms with E-state index in [0.29, 0.717) is 22.5 Å². The van der Waals surface area contributed by atoms with E-state index >= 15 is 0 Å². The number of hydrogen-bond acceptors (Lipinski definition) is 5. The monoisotopic (exact) mass is 481 g/mol. The number of rotatable bonds is 4. The van der Waals surface area contributed by atoms with Gasteiger partial charge in [0, 0.05) is 50.9 Å². The van der Waals surface area contributed by atoms with E-state index in [1.165, 1.54) is 13.2 Å². The number of hydrogen-bond donors (Lipinski definition) is 3. The van der Waals surface area contributed by atoms with Crippen molar-refractivity contribution in [2.24, 2.45) is 0 Å². The van der Waals surface area contributed by atoms with E-state index in [2.05, 4.69) is 22.1 Å². The van der Waals surface area contributed by atoms with Crippen LogP contribution in [0, 0.1) is 22.7 Å². The van der Waals surface area contributed by atoms with Gasteiger partial charge in [-0.05, 0) is 29.8 Å². The molecule has 0 amide bonds. The van der Waals surface area contributed by atoms with Gasteiger partial charge in [0.15, 0.2) is 11.5 Å². The molecule has 0 spiro atoms. The summed E-state index contributed by atoms with van der Waals surface area (Å²) in [7, 11) is 1.45.